The molecule has 2 aliphatic carbocycles. The highest BCUT2D eigenvalue weighted by Crippen LogP contribution is 2.56. The zero-order valence-corrected chi connectivity index (χ0v) is 29.4. The first-order chi connectivity index (χ1) is 21.8. The Balaban J connectivity index is 1.71. The zero-order valence-electron chi connectivity index (χ0n) is 29.4. The predicted octanol–water partition coefficient (Wildman–Crippen LogP) is 12.4. The Hall–Kier alpha value is -3.90. The van der Waals surface area contributed by atoms with E-state index in [2.05, 4.69) is 171 Å². The molecular formula is C46H52. The molecule has 0 N–H and O–H groups in total. The molecule has 46 heavy (non-hydrogen) atoms. The summed E-state index contributed by atoms with van der Waals surface area (Å²) < 4.78 is 0. The van der Waals surface area contributed by atoms with Crippen LogP contribution in [0.5, 0.6) is 0 Å². The third kappa shape index (κ3) is 5.45. The molecule has 0 aromatic heterocycles. The van der Waals surface area contributed by atoms with Crippen LogP contribution in [0, 0.1) is 5.41 Å². The standard InChI is InChI=1S/C46H52/c1-10-11-28-45(8,9)36-22-23-37(31-36)46(33-18-14-12-15-19-33,34-20-16-13-17-21-34)42-40-30-32-29-35(43(2,3)4)24-25-38(32)39(40)26-27-41(42)44(5,6)7/h10,12-22,24-27,29,31H,1,11,23,28,30H2,2-9H3. The number of benzene rings is 4. The SMILES string of the molecule is C=CCCC(C)(C)C1=CCC(C(c2ccccc2)(c2ccccc2)c2c(C(C)(C)C)ccc3c2Cc2cc(C(C)(C)C)ccc2-3)=C1. The predicted molar refractivity (Wildman–Crippen MR) is 199 cm³/mol. The van der Waals surface area contributed by atoms with Gasteiger partial charge in [0.2, 0.25) is 0 Å². The Morgan fingerprint density at radius 3 is 1.85 bits per heavy atom. The summed E-state index contributed by atoms with van der Waals surface area (Å²) >= 11 is 0. The van der Waals surface area contributed by atoms with Crippen molar-refractivity contribution in [3.05, 3.63) is 166 Å². The van der Waals surface area contributed by atoms with Gasteiger partial charge in [-0.15, -0.1) is 6.58 Å². The van der Waals surface area contributed by atoms with E-state index in [1.807, 2.05) is 0 Å². The van der Waals surface area contributed by atoms with Gasteiger partial charge < -0.3 is 0 Å². The first kappa shape index (κ1) is 32.1. The molecule has 0 spiro atoms. The largest absolute Gasteiger partial charge is 0.103 e. The van der Waals surface area contributed by atoms with Crippen molar-refractivity contribution in [3.8, 4) is 11.1 Å². The van der Waals surface area contributed by atoms with Crippen LogP contribution in [0.4, 0.5) is 0 Å². The summed E-state index contributed by atoms with van der Waals surface area (Å²) in [5, 5.41) is 0. The molecule has 2 aliphatic rings. The normalized spacial score (nSPS) is 14.9. The van der Waals surface area contributed by atoms with Gasteiger partial charge in [-0.1, -0.05) is 165 Å². The summed E-state index contributed by atoms with van der Waals surface area (Å²) in [4.78, 5) is 0. The van der Waals surface area contributed by atoms with Crippen LogP contribution in [0.25, 0.3) is 11.1 Å². The summed E-state index contributed by atoms with van der Waals surface area (Å²) in [6, 6.07) is 34.9. The van der Waals surface area contributed by atoms with Crippen molar-refractivity contribution in [1.29, 1.82) is 0 Å². The van der Waals surface area contributed by atoms with Crippen molar-refractivity contribution >= 4 is 0 Å². The summed E-state index contributed by atoms with van der Waals surface area (Å²) in [7, 11) is 0. The van der Waals surface area contributed by atoms with Crippen molar-refractivity contribution in [3.63, 3.8) is 0 Å². The maximum atomic E-state index is 4.03. The van der Waals surface area contributed by atoms with Gasteiger partial charge in [0.15, 0.2) is 0 Å². The number of hydrogen-bond acceptors (Lipinski definition) is 0. The summed E-state index contributed by atoms with van der Waals surface area (Å²) in [6.07, 6.45) is 11.2. The van der Waals surface area contributed by atoms with Crippen LogP contribution < -0.4 is 0 Å². The van der Waals surface area contributed by atoms with Crippen molar-refractivity contribution < 1.29 is 0 Å². The summed E-state index contributed by atoms with van der Waals surface area (Å²) in [5.41, 5.74) is 15.3. The van der Waals surface area contributed by atoms with Crippen LogP contribution in [0.3, 0.4) is 0 Å². The van der Waals surface area contributed by atoms with Crippen LogP contribution in [0.15, 0.2) is 127 Å². The van der Waals surface area contributed by atoms with E-state index in [9.17, 15) is 0 Å². The lowest BCUT2D eigenvalue weighted by Gasteiger charge is -2.43. The van der Waals surface area contributed by atoms with Gasteiger partial charge in [0.25, 0.3) is 0 Å². The quantitative estimate of drug-likeness (QED) is 0.122. The smallest absolute Gasteiger partial charge is 0.0673 e. The average molecular weight is 605 g/mol. The molecule has 0 fully saturated rings. The van der Waals surface area contributed by atoms with E-state index in [1.165, 1.54) is 61.2 Å². The van der Waals surface area contributed by atoms with Gasteiger partial charge in [0.1, 0.15) is 0 Å². The molecule has 0 atom stereocenters. The summed E-state index contributed by atoms with van der Waals surface area (Å²) in [5.74, 6) is 0. The molecule has 0 saturated heterocycles. The van der Waals surface area contributed by atoms with Crippen LogP contribution in [-0.4, -0.2) is 0 Å². The molecule has 0 bridgehead atoms. The molecule has 4 aromatic carbocycles. The third-order valence-corrected chi connectivity index (χ3v) is 10.6. The Bertz CT molecular complexity index is 1770. The van der Waals surface area contributed by atoms with Crippen LogP contribution in [0.2, 0.25) is 0 Å². The van der Waals surface area contributed by atoms with E-state index in [-0.39, 0.29) is 16.2 Å². The fraction of sp³-hybridized carbons (Fsp3) is 0.348. The topological polar surface area (TPSA) is 0 Å². The van der Waals surface area contributed by atoms with E-state index in [1.54, 1.807) is 0 Å². The number of rotatable bonds is 8. The average Bonchev–Trinajstić information content (AvgIpc) is 3.67. The number of fused-ring (bicyclic) bond motifs is 3. The van der Waals surface area contributed by atoms with Gasteiger partial charge in [0, 0.05) is 0 Å². The molecule has 0 unspecified atom stereocenters. The van der Waals surface area contributed by atoms with E-state index >= 15 is 0 Å². The van der Waals surface area contributed by atoms with Crippen molar-refractivity contribution in [2.75, 3.05) is 0 Å². The molecule has 0 aliphatic heterocycles. The van der Waals surface area contributed by atoms with Gasteiger partial charge in [-0.2, -0.15) is 0 Å². The van der Waals surface area contributed by atoms with Gasteiger partial charge >= 0.3 is 0 Å². The molecule has 0 saturated carbocycles. The van der Waals surface area contributed by atoms with E-state index < -0.39 is 5.41 Å². The maximum Gasteiger partial charge on any atom is 0.0673 e. The second-order valence-electron chi connectivity index (χ2n) is 16.3. The van der Waals surface area contributed by atoms with Crippen LogP contribution in [0.1, 0.15) is 114 Å². The minimum absolute atomic E-state index is 0.0524. The maximum absolute atomic E-state index is 4.03. The monoisotopic (exact) mass is 604 g/mol. The molecule has 0 heterocycles. The van der Waals surface area contributed by atoms with Crippen LogP contribution >= 0.6 is 0 Å². The van der Waals surface area contributed by atoms with E-state index in [0.29, 0.717) is 0 Å². The third-order valence-electron chi connectivity index (χ3n) is 10.6. The first-order valence-corrected chi connectivity index (χ1v) is 17.2. The molecule has 6 rings (SSSR count). The Kier molecular flexibility index (Phi) is 8.17. The lowest BCUT2D eigenvalue weighted by atomic mass is 9.59. The second kappa shape index (κ2) is 11.7. The fourth-order valence-electron chi connectivity index (χ4n) is 8.03. The van der Waals surface area contributed by atoms with Crippen molar-refractivity contribution in [1.82, 2.24) is 0 Å². The Labute approximate surface area is 279 Å². The lowest BCUT2D eigenvalue weighted by Crippen LogP contribution is -2.36. The van der Waals surface area contributed by atoms with E-state index in [0.717, 1.165) is 25.7 Å². The highest BCUT2D eigenvalue weighted by molar-refractivity contribution is 5.82. The molecule has 236 valence electrons. The lowest BCUT2D eigenvalue weighted by molar-refractivity contribution is 0.422. The van der Waals surface area contributed by atoms with Crippen molar-refractivity contribution in [2.45, 2.75) is 97.3 Å². The highest BCUT2D eigenvalue weighted by atomic mass is 14.5. The Morgan fingerprint density at radius 2 is 1.28 bits per heavy atom. The Morgan fingerprint density at radius 1 is 0.674 bits per heavy atom. The second-order valence-corrected chi connectivity index (χ2v) is 16.3. The van der Waals surface area contributed by atoms with Crippen LogP contribution in [-0.2, 0) is 22.7 Å². The van der Waals surface area contributed by atoms with Crippen molar-refractivity contribution in [2.24, 2.45) is 5.41 Å². The number of hydrogen-bond donors (Lipinski definition) is 0. The fourth-order valence-corrected chi connectivity index (χ4v) is 8.03. The number of allylic oxidation sites excluding steroid dienone is 5. The minimum atomic E-state index is -0.446. The van der Waals surface area contributed by atoms with Gasteiger partial charge in [-0.25, -0.2) is 0 Å². The van der Waals surface area contributed by atoms with Gasteiger partial charge in [-0.05, 0) is 103 Å². The first-order valence-electron chi connectivity index (χ1n) is 17.2. The molecule has 0 radical (unpaired) electrons. The molecule has 4 aromatic rings. The van der Waals surface area contributed by atoms with E-state index in [4.69, 9.17) is 0 Å². The van der Waals surface area contributed by atoms with Gasteiger partial charge in [-0.3, -0.25) is 0 Å². The zero-order chi connectivity index (χ0) is 32.9. The molecule has 0 nitrogen and oxygen atoms in total. The molecule has 0 heteroatoms. The van der Waals surface area contributed by atoms with Gasteiger partial charge in [0.05, 0.1) is 5.41 Å². The minimum Gasteiger partial charge on any atom is -0.103 e. The molecular weight excluding hydrogens is 553 g/mol. The molecule has 0 amide bonds. The summed E-state index contributed by atoms with van der Waals surface area (Å²) in [6.45, 7) is 23.0. The highest BCUT2D eigenvalue weighted by Gasteiger charge is 2.46.